The van der Waals surface area contributed by atoms with Gasteiger partial charge in [0.1, 0.15) is 12.4 Å². The largest absolute Gasteiger partial charge is 0.491 e. The summed E-state index contributed by atoms with van der Waals surface area (Å²) in [6, 6.07) is 7.17. The monoisotopic (exact) mass is 294 g/mol. The zero-order chi connectivity index (χ0) is 15.7. The molecule has 0 heterocycles. The zero-order valence-corrected chi connectivity index (χ0v) is 13.1. The minimum Gasteiger partial charge on any atom is -0.491 e. The standard InChI is InChI=1S/C16H26N2O3/c1-4-12(2)15(17)16(19)18-11-13-6-5-7-14(10-13)21-9-8-20-3/h5-7,10,12,15H,4,8-9,11,17H2,1-3H3,(H,18,19). The van der Waals surface area contributed by atoms with Crippen LogP contribution in [0.1, 0.15) is 25.8 Å². The molecule has 5 heteroatoms. The van der Waals surface area contributed by atoms with Crippen LogP contribution in [0.25, 0.3) is 0 Å². The predicted molar refractivity (Wildman–Crippen MR) is 83.1 cm³/mol. The molecule has 0 bridgehead atoms. The van der Waals surface area contributed by atoms with E-state index in [1.54, 1.807) is 7.11 Å². The fraction of sp³-hybridized carbons (Fsp3) is 0.562. The van der Waals surface area contributed by atoms with Crippen molar-refractivity contribution in [1.29, 1.82) is 0 Å². The van der Waals surface area contributed by atoms with Gasteiger partial charge in [0, 0.05) is 13.7 Å². The highest BCUT2D eigenvalue weighted by Crippen LogP contribution is 2.13. The van der Waals surface area contributed by atoms with Crippen LogP contribution in [-0.4, -0.2) is 32.3 Å². The van der Waals surface area contributed by atoms with Gasteiger partial charge < -0.3 is 20.5 Å². The summed E-state index contributed by atoms with van der Waals surface area (Å²) in [5.74, 6) is 0.828. The summed E-state index contributed by atoms with van der Waals surface area (Å²) in [6.45, 7) is 5.51. The van der Waals surface area contributed by atoms with Crippen LogP contribution in [0, 0.1) is 5.92 Å². The molecule has 0 aliphatic heterocycles. The SMILES string of the molecule is CCC(C)C(N)C(=O)NCc1cccc(OCCOC)c1. The second-order valence-corrected chi connectivity index (χ2v) is 5.12. The molecule has 1 aromatic carbocycles. The van der Waals surface area contributed by atoms with E-state index >= 15 is 0 Å². The van der Waals surface area contributed by atoms with Gasteiger partial charge in [-0.25, -0.2) is 0 Å². The minimum atomic E-state index is -0.462. The van der Waals surface area contributed by atoms with E-state index in [-0.39, 0.29) is 11.8 Å². The van der Waals surface area contributed by atoms with Gasteiger partial charge in [0.25, 0.3) is 0 Å². The number of nitrogens with two attached hydrogens (primary N) is 1. The van der Waals surface area contributed by atoms with Crippen LogP contribution in [0.15, 0.2) is 24.3 Å². The van der Waals surface area contributed by atoms with Crippen LogP contribution < -0.4 is 15.8 Å². The topological polar surface area (TPSA) is 73.6 Å². The lowest BCUT2D eigenvalue weighted by Gasteiger charge is -2.17. The van der Waals surface area contributed by atoms with Crippen molar-refractivity contribution in [2.24, 2.45) is 11.7 Å². The Hall–Kier alpha value is -1.59. The number of methoxy groups -OCH3 is 1. The van der Waals surface area contributed by atoms with Crippen molar-refractivity contribution in [1.82, 2.24) is 5.32 Å². The van der Waals surface area contributed by atoms with E-state index in [0.29, 0.717) is 19.8 Å². The number of amides is 1. The fourth-order valence-electron chi connectivity index (χ4n) is 1.81. The molecular formula is C16H26N2O3. The molecule has 0 fully saturated rings. The van der Waals surface area contributed by atoms with E-state index in [0.717, 1.165) is 17.7 Å². The highest BCUT2D eigenvalue weighted by molar-refractivity contribution is 5.81. The molecule has 21 heavy (non-hydrogen) atoms. The molecule has 2 unspecified atom stereocenters. The average Bonchev–Trinajstić information content (AvgIpc) is 2.51. The van der Waals surface area contributed by atoms with Gasteiger partial charge in [-0.05, 0) is 23.6 Å². The molecule has 0 saturated carbocycles. The van der Waals surface area contributed by atoms with Gasteiger partial charge in [0.05, 0.1) is 12.6 Å². The number of hydrogen-bond donors (Lipinski definition) is 2. The van der Waals surface area contributed by atoms with Crippen LogP contribution in [0.4, 0.5) is 0 Å². The van der Waals surface area contributed by atoms with E-state index in [4.69, 9.17) is 15.2 Å². The number of carbonyl (C=O) groups is 1. The fourth-order valence-corrected chi connectivity index (χ4v) is 1.81. The summed E-state index contributed by atoms with van der Waals surface area (Å²) in [6.07, 6.45) is 0.886. The van der Waals surface area contributed by atoms with Crippen LogP contribution in [0.2, 0.25) is 0 Å². The lowest BCUT2D eigenvalue weighted by atomic mass is 9.99. The molecule has 118 valence electrons. The van der Waals surface area contributed by atoms with E-state index in [2.05, 4.69) is 5.32 Å². The molecule has 5 nitrogen and oxygen atoms in total. The van der Waals surface area contributed by atoms with Crippen LogP contribution in [0.5, 0.6) is 5.75 Å². The smallest absolute Gasteiger partial charge is 0.237 e. The molecule has 0 radical (unpaired) electrons. The second-order valence-electron chi connectivity index (χ2n) is 5.12. The Balaban J connectivity index is 2.48. The number of benzene rings is 1. The molecule has 0 spiro atoms. The number of nitrogens with one attached hydrogen (secondary N) is 1. The van der Waals surface area contributed by atoms with Crippen molar-refractivity contribution >= 4 is 5.91 Å². The van der Waals surface area contributed by atoms with Crippen molar-refractivity contribution in [3.63, 3.8) is 0 Å². The van der Waals surface area contributed by atoms with Crippen molar-refractivity contribution in [2.75, 3.05) is 20.3 Å². The van der Waals surface area contributed by atoms with Gasteiger partial charge in [-0.3, -0.25) is 4.79 Å². The maximum Gasteiger partial charge on any atom is 0.237 e. The lowest BCUT2D eigenvalue weighted by Crippen LogP contribution is -2.44. The van der Waals surface area contributed by atoms with Crippen molar-refractivity contribution in [2.45, 2.75) is 32.9 Å². The summed E-state index contributed by atoms with van der Waals surface area (Å²) in [7, 11) is 1.63. The van der Waals surface area contributed by atoms with Gasteiger partial charge in [-0.1, -0.05) is 32.4 Å². The molecule has 0 aromatic heterocycles. The van der Waals surface area contributed by atoms with Gasteiger partial charge in [0.2, 0.25) is 5.91 Å². The third-order valence-corrected chi connectivity index (χ3v) is 3.48. The number of ether oxygens (including phenoxy) is 2. The van der Waals surface area contributed by atoms with Gasteiger partial charge in [0.15, 0.2) is 0 Å². The van der Waals surface area contributed by atoms with E-state index < -0.39 is 6.04 Å². The maximum absolute atomic E-state index is 11.9. The molecule has 0 aliphatic carbocycles. The molecule has 2 atom stereocenters. The molecule has 0 aliphatic rings. The van der Waals surface area contributed by atoms with Gasteiger partial charge >= 0.3 is 0 Å². The first-order valence-electron chi connectivity index (χ1n) is 7.32. The molecule has 3 N–H and O–H groups in total. The summed E-state index contributed by atoms with van der Waals surface area (Å²) in [5.41, 5.74) is 6.88. The van der Waals surface area contributed by atoms with Gasteiger partial charge in [-0.2, -0.15) is 0 Å². The van der Waals surface area contributed by atoms with Crippen molar-refractivity contribution < 1.29 is 14.3 Å². The summed E-state index contributed by atoms with van der Waals surface area (Å²) in [5, 5.41) is 2.86. The quantitative estimate of drug-likeness (QED) is 0.680. The molecule has 0 saturated heterocycles. The Bertz CT molecular complexity index is 437. The first-order valence-corrected chi connectivity index (χ1v) is 7.32. The van der Waals surface area contributed by atoms with Crippen LogP contribution >= 0.6 is 0 Å². The molecule has 1 aromatic rings. The second kappa shape index (κ2) is 9.37. The zero-order valence-electron chi connectivity index (χ0n) is 13.1. The Morgan fingerprint density at radius 2 is 2.14 bits per heavy atom. The van der Waals surface area contributed by atoms with Crippen molar-refractivity contribution in [3.8, 4) is 5.75 Å². The number of hydrogen-bond acceptors (Lipinski definition) is 4. The maximum atomic E-state index is 11.9. The summed E-state index contributed by atoms with van der Waals surface area (Å²) in [4.78, 5) is 11.9. The highest BCUT2D eigenvalue weighted by atomic mass is 16.5. The molecular weight excluding hydrogens is 268 g/mol. The lowest BCUT2D eigenvalue weighted by molar-refractivity contribution is -0.123. The summed E-state index contributed by atoms with van der Waals surface area (Å²) < 4.78 is 10.5. The first-order chi connectivity index (χ1) is 10.1. The number of rotatable bonds is 9. The Morgan fingerprint density at radius 3 is 2.81 bits per heavy atom. The average molecular weight is 294 g/mol. The number of carbonyl (C=O) groups excluding carboxylic acids is 1. The normalized spacial score (nSPS) is 13.5. The van der Waals surface area contributed by atoms with Crippen LogP contribution in [0.3, 0.4) is 0 Å². The molecule has 1 rings (SSSR count). The highest BCUT2D eigenvalue weighted by Gasteiger charge is 2.18. The van der Waals surface area contributed by atoms with Crippen LogP contribution in [-0.2, 0) is 16.1 Å². The van der Waals surface area contributed by atoms with E-state index in [1.165, 1.54) is 0 Å². The van der Waals surface area contributed by atoms with E-state index in [1.807, 2.05) is 38.1 Å². The Kier molecular flexibility index (Phi) is 7.79. The predicted octanol–water partition coefficient (Wildman–Crippen LogP) is 1.70. The third kappa shape index (κ3) is 6.14. The minimum absolute atomic E-state index is 0.116. The first kappa shape index (κ1) is 17.5. The Morgan fingerprint density at radius 1 is 1.38 bits per heavy atom. The summed E-state index contributed by atoms with van der Waals surface area (Å²) >= 11 is 0. The van der Waals surface area contributed by atoms with Crippen molar-refractivity contribution in [3.05, 3.63) is 29.8 Å². The molecule has 1 amide bonds. The Labute approximate surface area is 126 Å². The van der Waals surface area contributed by atoms with E-state index in [9.17, 15) is 4.79 Å². The third-order valence-electron chi connectivity index (χ3n) is 3.48. The van der Waals surface area contributed by atoms with Gasteiger partial charge in [-0.15, -0.1) is 0 Å².